The molecule has 3 heterocycles. The molecule has 1 amide bonds. The number of benzene rings is 1. The first-order chi connectivity index (χ1) is 14.6. The van der Waals surface area contributed by atoms with Gasteiger partial charge in [-0.1, -0.05) is 37.3 Å². The molecule has 5 rings (SSSR count). The summed E-state index contributed by atoms with van der Waals surface area (Å²) < 4.78 is 0. The Labute approximate surface area is 178 Å². The first-order valence-electron chi connectivity index (χ1n) is 11.3. The topological polar surface area (TPSA) is 52.6 Å². The van der Waals surface area contributed by atoms with Gasteiger partial charge in [0.15, 0.2) is 0 Å². The highest BCUT2D eigenvalue weighted by Crippen LogP contribution is 2.48. The molecule has 0 bridgehead atoms. The van der Waals surface area contributed by atoms with Crippen molar-refractivity contribution in [3.8, 4) is 0 Å². The monoisotopic (exact) mass is 405 g/mol. The standard InChI is InChI=1S/C24H31N5O/c1-3-27-11-13-28(14-12-27)23-21-16-29(10-9-22(21)25-17(2)26-23)24(30)20-15-19(20)18-7-5-4-6-8-18/h4-8,19-20H,3,9-16H2,1-2H3/t19-,20-/m0/s1. The fourth-order valence-electron chi connectivity index (χ4n) is 5.01. The van der Waals surface area contributed by atoms with E-state index in [2.05, 4.69) is 45.9 Å². The Kier molecular flexibility index (Phi) is 5.19. The van der Waals surface area contributed by atoms with Gasteiger partial charge in [0.25, 0.3) is 0 Å². The predicted molar refractivity (Wildman–Crippen MR) is 118 cm³/mol. The van der Waals surface area contributed by atoms with E-state index in [1.807, 2.05) is 13.0 Å². The maximum absolute atomic E-state index is 13.3. The summed E-state index contributed by atoms with van der Waals surface area (Å²) in [7, 11) is 0. The van der Waals surface area contributed by atoms with Crippen molar-refractivity contribution in [2.24, 2.45) is 5.92 Å². The van der Waals surface area contributed by atoms with Crippen LogP contribution in [-0.2, 0) is 17.8 Å². The van der Waals surface area contributed by atoms with Gasteiger partial charge in [-0.05, 0) is 31.4 Å². The van der Waals surface area contributed by atoms with Crippen LogP contribution in [0.3, 0.4) is 0 Å². The molecule has 2 atom stereocenters. The van der Waals surface area contributed by atoms with E-state index in [1.54, 1.807) is 0 Å². The van der Waals surface area contributed by atoms with Crippen LogP contribution in [-0.4, -0.2) is 64.9 Å². The number of rotatable bonds is 4. The van der Waals surface area contributed by atoms with Crippen LogP contribution in [0.1, 0.15) is 41.9 Å². The van der Waals surface area contributed by atoms with Crippen LogP contribution < -0.4 is 4.90 Å². The van der Waals surface area contributed by atoms with Crippen LogP contribution in [0.5, 0.6) is 0 Å². The molecule has 158 valence electrons. The minimum Gasteiger partial charge on any atom is -0.354 e. The van der Waals surface area contributed by atoms with Gasteiger partial charge in [-0.25, -0.2) is 9.97 Å². The van der Waals surface area contributed by atoms with Gasteiger partial charge in [0.05, 0.1) is 12.2 Å². The van der Waals surface area contributed by atoms with E-state index in [0.29, 0.717) is 18.4 Å². The zero-order valence-corrected chi connectivity index (χ0v) is 18.0. The molecule has 0 spiro atoms. The molecular formula is C24H31N5O. The summed E-state index contributed by atoms with van der Waals surface area (Å²) in [5.74, 6) is 2.72. The molecule has 1 aliphatic carbocycles. The summed E-state index contributed by atoms with van der Waals surface area (Å²) in [4.78, 5) is 29.8. The Bertz CT molecular complexity index is 923. The SMILES string of the molecule is CCN1CCN(c2nc(C)nc3c2CN(C(=O)[C@H]2C[C@H]2c2ccccc2)CC3)CC1. The maximum Gasteiger partial charge on any atom is 0.226 e. The van der Waals surface area contributed by atoms with Crippen molar-refractivity contribution in [3.05, 3.63) is 53.0 Å². The number of anilines is 1. The fourth-order valence-corrected chi connectivity index (χ4v) is 5.01. The lowest BCUT2D eigenvalue weighted by molar-refractivity contribution is -0.133. The average molecular weight is 406 g/mol. The minimum atomic E-state index is 0.136. The van der Waals surface area contributed by atoms with E-state index >= 15 is 0 Å². The molecule has 0 N–H and O–H groups in total. The quantitative estimate of drug-likeness (QED) is 0.783. The minimum absolute atomic E-state index is 0.136. The summed E-state index contributed by atoms with van der Waals surface area (Å²) in [6.07, 6.45) is 1.80. The lowest BCUT2D eigenvalue weighted by atomic mass is 10.0. The van der Waals surface area contributed by atoms with Gasteiger partial charge in [0.2, 0.25) is 5.91 Å². The molecule has 1 aromatic carbocycles. The number of hydrogen-bond donors (Lipinski definition) is 0. The number of amides is 1. The summed E-state index contributed by atoms with van der Waals surface area (Å²) in [6.45, 7) is 10.8. The number of aryl methyl sites for hydroxylation is 1. The molecule has 2 aromatic rings. The first-order valence-corrected chi connectivity index (χ1v) is 11.3. The van der Waals surface area contributed by atoms with Crippen molar-refractivity contribution in [1.82, 2.24) is 19.8 Å². The van der Waals surface area contributed by atoms with Gasteiger partial charge in [-0.15, -0.1) is 0 Å². The lowest BCUT2D eigenvalue weighted by Crippen LogP contribution is -2.47. The van der Waals surface area contributed by atoms with Crippen LogP contribution in [0.4, 0.5) is 5.82 Å². The second kappa shape index (κ2) is 7.99. The number of nitrogens with zero attached hydrogens (tertiary/aromatic N) is 5. The lowest BCUT2D eigenvalue weighted by Gasteiger charge is -2.37. The third-order valence-electron chi connectivity index (χ3n) is 6.92. The Morgan fingerprint density at radius 1 is 1.07 bits per heavy atom. The van der Waals surface area contributed by atoms with Gasteiger partial charge in [0, 0.05) is 50.6 Å². The summed E-state index contributed by atoms with van der Waals surface area (Å²) in [6, 6.07) is 10.5. The molecule has 2 aliphatic heterocycles. The molecule has 2 fully saturated rings. The molecule has 0 unspecified atom stereocenters. The van der Waals surface area contributed by atoms with E-state index in [1.165, 1.54) is 11.1 Å². The molecular weight excluding hydrogens is 374 g/mol. The van der Waals surface area contributed by atoms with Crippen LogP contribution in [0.25, 0.3) is 0 Å². The second-order valence-electron chi connectivity index (χ2n) is 8.81. The smallest absolute Gasteiger partial charge is 0.226 e. The molecule has 6 nitrogen and oxygen atoms in total. The van der Waals surface area contributed by atoms with Crippen LogP contribution in [0, 0.1) is 12.8 Å². The predicted octanol–water partition coefficient (Wildman–Crippen LogP) is 2.62. The summed E-state index contributed by atoms with van der Waals surface area (Å²) in [5.41, 5.74) is 3.60. The van der Waals surface area contributed by atoms with E-state index in [0.717, 1.165) is 69.4 Å². The largest absolute Gasteiger partial charge is 0.354 e. The Hall–Kier alpha value is -2.47. The van der Waals surface area contributed by atoms with Gasteiger partial charge in [-0.2, -0.15) is 0 Å². The van der Waals surface area contributed by atoms with Crippen molar-refractivity contribution in [2.75, 3.05) is 44.2 Å². The van der Waals surface area contributed by atoms with Gasteiger partial charge < -0.3 is 14.7 Å². The van der Waals surface area contributed by atoms with E-state index in [4.69, 9.17) is 9.97 Å². The van der Waals surface area contributed by atoms with Gasteiger partial charge >= 0.3 is 0 Å². The van der Waals surface area contributed by atoms with Gasteiger partial charge in [0.1, 0.15) is 11.6 Å². The third-order valence-corrected chi connectivity index (χ3v) is 6.92. The molecule has 1 saturated carbocycles. The number of likely N-dealkylation sites (N-methyl/N-ethyl adjacent to an activating group) is 1. The average Bonchev–Trinajstić information content (AvgIpc) is 3.59. The van der Waals surface area contributed by atoms with E-state index in [-0.39, 0.29) is 5.92 Å². The summed E-state index contributed by atoms with van der Waals surface area (Å²) in [5, 5.41) is 0. The number of fused-ring (bicyclic) bond motifs is 1. The van der Waals surface area contributed by atoms with Gasteiger partial charge in [-0.3, -0.25) is 4.79 Å². The van der Waals surface area contributed by atoms with Crippen molar-refractivity contribution < 1.29 is 4.79 Å². The van der Waals surface area contributed by atoms with Crippen molar-refractivity contribution in [3.63, 3.8) is 0 Å². The maximum atomic E-state index is 13.3. The zero-order chi connectivity index (χ0) is 20.7. The normalized spacial score (nSPS) is 23.9. The highest BCUT2D eigenvalue weighted by atomic mass is 16.2. The third kappa shape index (κ3) is 3.69. The van der Waals surface area contributed by atoms with Crippen LogP contribution in [0.2, 0.25) is 0 Å². The number of piperazine rings is 1. The van der Waals surface area contributed by atoms with Crippen molar-refractivity contribution in [1.29, 1.82) is 0 Å². The molecule has 1 aromatic heterocycles. The second-order valence-corrected chi connectivity index (χ2v) is 8.81. The van der Waals surface area contributed by atoms with E-state index in [9.17, 15) is 4.79 Å². The van der Waals surface area contributed by atoms with Crippen LogP contribution in [0.15, 0.2) is 30.3 Å². The van der Waals surface area contributed by atoms with Crippen molar-refractivity contribution >= 4 is 11.7 Å². The molecule has 30 heavy (non-hydrogen) atoms. The molecule has 0 radical (unpaired) electrons. The number of carbonyl (C=O) groups is 1. The summed E-state index contributed by atoms with van der Waals surface area (Å²) >= 11 is 0. The number of hydrogen-bond acceptors (Lipinski definition) is 5. The molecule has 6 heteroatoms. The Morgan fingerprint density at radius 3 is 2.57 bits per heavy atom. The molecule has 1 saturated heterocycles. The highest BCUT2D eigenvalue weighted by molar-refractivity contribution is 5.83. The zero-order valence-electron chi connectivity index (χ0n) is 18.0. The number of aromatic nitrogens is 2. The Morgan fingerprint density at radius 2 is 1.83 bits per heavy atom. The number of carbonyl (C=O) groups excluding carboxylic acids is 1. The first kappa shape index (κ1) is 19.5. The highest BCUT2D eigenvalue weighted by Gasteiger charge is 2.46. The van der Waals surface area contributed by atoms with Crippen LogP contribution >= 0.6 is 0 Å². The van der Waals surface area contributed by atoms with Crippen molar-refractivity contribution in [2.45, 2.75) is 39.2 Å². The van der Waals surface area contributed by atoms with E-state index < -0.39 is 0 Å². The Balaban J connectivity index is 1.33. The molecule has 3 aliphatic rings. The fraction of sp³-hybridized carbons (Fsp3) is 0.542.